The second-order valence-electron chi connectivity index (χ2n) is 3.65. The summed E-state index contributed by atoms with van der Waals surface area (Å²) in [6.45, 7) is 0. The molecule has 16 heavy (non-hydrogen) atoms. The average molecular weight is 216 g/mol. The van der Waals surface area contributed by atoms with Crippen molar-refractivity contribution in [2.24, 2.45) is 7.05 Å². The van der Waals surface area contributed by atoms with Crippen LogP contribution in [0, 0.1) is 0 Å². The molecule has 0 radical (unpaired) electrons. The predicted molar refractivity (Wildman–Crippen MR) is 61.6 cm³/mol. The predicted octanol–water partition coefficient (Wildman–Crippen LogP) is 0.664. The SMILES string of the molecule is Cn1c(=O)[nH]cc(Cc2ccccc2)c1=O. The van der Waals surface area contributed by atoms with Crippen molar-refractivity contribution in [1.82, 2.24) is 9.55 Å². The lowest BCUT2D eigenvalue weighted by Gasteiger charge is -2.02. The first-order valence-corrected chi connectivity index (χ1v) is 5.00. The Morgan fingerprint density at radius 2 is 1.88 bits per heavy atom. The minimum atomic E-state index is -0.387. The van der Waals surface area contributed by atoms with E-state index in [1.54, 1.807) is 0 Å². The summed E-state index contributed by atoms with van der Waals surface area (Å²) in [7, 11) is 1.47. The molecule has 1 heterocycles. The normalized spacial score (nSPS) is 10.3. The van der Waals surface area contributed by atoms with Crippen LogP contribution in [0.2, 0.25) is 0 Å². The molecule has 0 spiro atoms. The van der Waals surface area contributed by atoms with Gasteiger partial charge in [0.2, 0.25) is 0 Å². The van der Waals surface area contributed by atoms with Crippen LogP contribution in [0.25, 0.3) is 0 Å². The molecule has 0 saturated heterocycles. The van der Waals surface area contributed by atoms with E-state index >= 15 is 0 Å². The molecule has 0 atom stereocenters. The van der Waals surface area contributed by atoms with Gasteiger partial charge in [0.15, 0.2) is 0 Å². The second-order valence-corrected chi connectivity index (χ2v) is 3.65. The van der Waals surface area contributed by atoms with E-state index in [1.165, 1.54) is 13.2 Å². The van der Waals surface area contributed by atoms with Crippen LogP contribution in [0.15, 0.2) is 46.1 Å². The zero-order valence-corrected chi connectivity index (χ0v) is 8.93. The van der Waals surface area contributed by atoms with Gasteiger partial charge < -0.3 is 4.98 Å². The number of H-pyrrole nitrogens is 1. The van der Waals surface area contributed by atoms with E-state index in [4.69, 9.17) is 0 Å². The van der Waals surface area contributed by atoms with Gasteiger partial charge in [-0.3, -0.25) is 9.36 Å². The van der Waals surface area contributed by atoms with Gasteiger partial charge >= 0.3 is 5.69 Å². The summed E-state index contributed by atoms with van der Waals surface area (Å²) in [5, 5.41) is 0. The average Bonchev–Trinajstić information content (AvgIpc) is 2.31. The van der Waals surface area contributed by atoms with Crippen LogP contribution >= 0.6 is 0 Å². The molecule has 0 unspecified atom stereocenters. The molecule has 2 rings (SSSR count). The zero-order valence-electron chi connectivity index (χ0n) is 8.93. The first kappa shape index (κ1) is 10.4. The number of nitrogens with zero attached hydrogens (tertiary/aromatic N) is 1. The topological polar surface area (TPSA) is 54.9 Å². The van der Waals surface area contributed by atoms with Gasteiger partial charge in [-0.15, -0.1) is 0 Å². The number of aromatic nitrogens is 2. The van der Waals surface area contributed by atoms with Crippen molar-refractivity contribution in [3.63, 3.8) is 0 Å². The summed E-state index contributed by atoms with van der Waals surface area (Å²) in [5.41, 5.74) is 1.01. The largest absolute Gasteiger partial charge is 0.328 e. The second kappa shape index (κ2) is 4.18. The van der Waals surface area contributed by atoms with Crippen LogP contribution in [0.4, 0.5) is 0 Å². The summed E-state index contributed by atoms with van der Waals surface area (Å²) < 4.78 is 1.08. The fourth-order valence-corrected chi connectivity index (χ4v) is 1.56. The lowest BCUT2D eigenvalue weighted by atomic mass is 10.1. The maximum Gasteiger partial charge on any atom is 0.328 e. The molecule has 1 N–H and O–H groups in total. The fourth-order valence-electron chi connectivity index (χ4n) is 1.56. The Morgan fingerprint density at radius 1 is 1.19 bits per heavy atom. The van der Waals surface area contributed by atoms with E-state index in [0.29, 0.717) is 12.0 Å². The van der Waals surface area contributed by atoms with Gasteiger partial charge in [-0.2, -0.15) is 0 Å². The third-order valence-corrected chi connectivity index (χ3v) is 2.49. The molecule has 1 aromatic carbocycles. The van der Waals surface area contributed by atoms with Crippen LogP contribution < -0.4 is 11.2 Å². The Kier molecular flexibility index (Phi) is 2.72. The summed E-state index contributed by atoms with van der Waals surface area (Å²) in [6, 6.07) is 9.67. The van der Waals surface area contributed by atoms with Crippen LogP contribution in [0.3, 0.4) is 0 Å². The standard InChI is InChI=1S/C12H12N2O2/c1-14-11(15)10(8-13-12(14)16)7-9-5-3-2-4-6-9/h2-6,8H,7H2,1H3,(H,13,16). The lowest BCUT2D eigenvalue weighted by Crippen LogP contribution is -2.34. The summed E-state index contributed by atoms with van der Waals surface area (Å²) >= 11 is 0. The van der Waals surface area contributed by atoms with E-state index in [9.17, 15) is 9.59 Å². The van der Waals surface area contributed by atoms with Gasteiger partial charge in [0, 0.05) is 25.2 Å². The van der Waals surface area contributed by atoms with E-state index in [-0.39, 0.29) is 11.2 Å². The highest BCUT2D eigenvalue weighted by Gasteiger charge is 2.04. The molecular weight excluding hydrogens is 204 g/mol. The quantitative estimate of drug-likeness (QED) is 0.802. The molecule has 0 saturated carbocycles. The number of benzene rings is 1. The first-order chi connectivity index (χ1) is 7.68. The molecule has 0 aliphatic carbocycles. The summed E-state index contributed by atoms with van der Waals surface area (Å²) in [6.07, 6.45) is 2.02. The highest BCUT2D eigenvalue weighted by molar-refractivity contribution is 5.22. The molecule has 0 aliphatic heterocycles. The Labute approximate surface area is 92.2 Å². The van der Waals surface area contributed by atoms with Gasteiger partial charge in [-0.1, -0.05) is 30.3 Å². The Bertz CT molecular complexity index is 596. The van der Waals surface area contributed by atoms with Gasteiger partial charge in [0.25, 0.3) is 5.56 Å². The molecule has 0 fully saturated rings. The number of hydrogen-bond acceptors (Lipinski definition) is 2. The molecule has 82 valence electrons. The number of aromatic amines is 1. The van der Waals surface area contributed by atoms with Crippen molar-refractivity contribution >= 4 is 0 Å². The van der Waals surface area contributed by atoms with Crippen LogP contribution in [0.1, 0.15) is 11.1 Å². The van der Waals surface area contributed by atoms with Crippen molar-refractivity contribution in [3.8, 4) is 0 Å². The van der Waals surface area contributed by atoms with E-state index < -0.39 is 0 Å². The molecule has 0 amide bonds. The number of hydrogen-bond donors (Lipinski definition) is 1. The summed E-state index contributed by atoms with van der Waals surface area (Å²) in [4.78, 5) is 25.4. The molecule has 4 nitrogen and oxygen atoms in total. The van der Waals surface area contributed by atoms with Gasteiger partial charge in [-0.25, -0.2) is 4.79 Å². The van der Waals surface area contributed by atoms with Gasteiger partial charge in [0.05, 0.1) is 0 Å². The molecule has 0 bridgehead atoms. The first-order valence-electron chi connectivity index (χ1n) is 5.00. The van der Waals surface area contributed by atoms with E-state index in [0.717, 1.165) is 10.1 Å². The highest BCUT2D eigenvalue weighted by atomic mass is 16.2. The third-order valence-electron chi connectivity index (χ3n) is 2.49. The molecule has 1 aromatic heterocycles. The Morgan fingerprint density at radius 3 is 2.56 bits per heavy atom. The van der Waals surface area contributed by atoms with E-state index in [2.05, 4.69) is 4.98 Å². The lowest BCUT2D eigenvalue weighted by molar-refractivity contribution is 0.758. The third kappa shape index (κ3) is 1.95. The minimum Gasteiger partial charge on any atom is -0.314 e. The smallest absolute Gasteiger partial charge is 0.314 e. The highest BCUT2D eigenvalue weighted by Crippen LogP contribution is 2.03. The summed E-state index contributed by atoms with van der Waals surface area (Å²) in [5.74, 6) is 0. The van der Waals surface area contributed by atoms with Crippen molar-refractivity contribution < 1.29 is 0 Å². The minimum absolute atomic E-state index is 0.243. The zero-order chi connectivity index (χ0) is 11.5. The Hall–Kier alpha value is -2.10. The van der Waals surface area contributed by atoms with Gasteiger partial charge in [0.1, 0.15) is 0 Å². The number of nitrogens with one attached hydrogen (secondary N) is 1. The maximum atomic E-state index is 11.7. The van der Waals surface area contributed by atoms with Crippen LogP contribution in [-0.4, -0.2) is 9.55 Å². The number of rotatable bonds is 2. The fraction of sp³-hybridized carbons (Fsp3) is 0.167. The Balaban J connectivity index is 2.41. The molecule has 2 aromatic rings. The van der Waals surface area contributed by atoms with Crippen molar-refractivity contribution in [2.75, 3.05) is 0 Å². The van der Waals surface area contributed by atoms with Crippen LogP contribution in [-0.2, 0) is 13.5 Å². The van der Waals surface area contributed by atoms with Crippen molar-refractivity contribution in [2.45, 2.75) is 6.42 Å². The molecule has 4 heteroatoms. The van der Waals surface area contributed by atoms with Crippen molar-refractivity contribution in [1.29, 1.82) is 0 Å². The monoisotopic (exact) mass is 216 g/mol. The molecule has 0 aliphatic rings. The molecular formula is C12H12N2O2. The van der Waals surface area contributed by atoms with Gasteiger partial charge in [-0.05, 0) is 5.56 Å². The van der Waals surface area contributed by atoms with Crippen molar-refractivity contribution in [3.05, 3.63) is 68.5 Å². The maximum absolute atomic E-state index is 11.7. The van der Waals surface area contributed by atoms with E-state index in [1.807, 2.05) is 30.3 Å². The van der Waals surface area contributed by atoms with Crippen LogP contribution in [0.5, 0.6) is 0 Å².